The summed E-state index contributed by atoms with van der Waals surface area (Å²) < 4.78 is 1.73. The van der Waals surface area contributed by atoms with Crippen LogP contribution >= 0.6 is 36.2 Å². The molecule has 0 spiro atoms. The van der Waals surface area contributed by atoms with Crippen molar-refractivity contribution in [1.29, 1.82) is 0 Å². The van der Waals surface area contributed by atoms with Gasteiger partial charge in [-0.25, -0.2) is 4.98 Å². The lowest BCUT2D eigenvalue weighted by Gasteiger charge is -2.10. The maximum absolute atomic E-state index is 12.3. The molecule has 2 aromatic heterocycles. The second-order valence-electron chi connectivity index (χ2n) is 5.34. The van der Waals surface area contributed by atoms with E-state index in [1.54, 1.807) is 10.9 Å². The van der Waals surface area contributed by atoms with E-state index in [4.69, 9.17) is 0 Å². The molecule has 0 aliphatic carbocycles. The highest BCUT2D eigenvalue weighted by Gasteiger charge is 2.19. The van der Waals surface area contributed by atoms with Gasteiger partial charge in [-0.15, -0.1) is 36.2 Å². The predicted molar refractivity (Wildman–Crippen MR) is 96.9 cm³/mol. The van der Waals surface area contributed by atoms with Crippen LogP contribution in [0, 0.1) is 6.92 Å². The zero-order valence-electron chi connectivity index (χ0n) is 13.0. The molecule has 6 nitrogen and oxygen atoms in total. The predicted octanol–water partition coefficient (Wildman–Crippen LogP) is 2.18. The van der Waals surface area contributed by atoms with Crippen LogP contribution in [-0.4, -0.2) is 39.8 Å². The second kappa shape index (κ2) is 8.63. The van der Waals surface area contributed by atoms with E-state index in [0.717, 1.165) is 29.2 Å². The Labute approximate surface area is 151 Å². The molecule has 0 aromatic carbocycles. The van der Waals surface area contributed by atoms with Crippen molar-refractivity contribution in [1.82, 2.24) is 25.4 Å². The number of amides is 1. The number of carbonyl (C=O) groups is 1. The molecular weight excluding hydrogens is 357 g/mol. The lowest BCUT2D eigenvalue weighted by atomic mass is 10.2. The topological polar surface area (TPSA) is 71.8 Å². The van der Waals surface area contributed by atoms with E-state index in [1.807, 2.05) is 20.2 Å². The van der Waals surface area contributed by atoms with Gasteiger partial charge >= 0.3 is 0 Å². The molecular formula is C14H21Cl2N5OS. The number of carbonyl (C=O) groups excluding carboxylic acids is 1. The third kappa shape index (κ3) is 4.67. The van der Waals surface area contributed by atoms with Gasteiger partial charge in [-0.1, -0.05) is 0 Å². The highest BCUT2D eigenvalue weighted by Crippen LogP contribution is 2.27. The molecule has 2 aromatic rings. The van der Waals surface area contributed by atoms with Gasteiger partial charge < -0.3 is 10.6 Å². The fourth-order valence-corrected chi connectivity index (χ4v) is 3.45. The minimum absolute atomic E-state index is 0. The number of hydrogen-bond acceptors (Lipinski definition) is 5. The van der Waals surface area contributed by atoms with E-state index in [9.17, 15) is 4.79 Å². The number of nitrogens with zero attached hydrogens (tertiary/aromatic N) is 3. The second-order valence-corrected chi connectivity index (χ2v) is 6.34. The Bertz CT molecular complexity index is 651. The number of hydrogen-bond donors (Lipinski definition) is 2. The summed E-state index contributed by atoms with van der Waals surface area (Å²) in [5, 5.41) is 11.4. The molecule has 23 heavy (non-hydrogen) atoms. The molecule has 0 radical (unpaired) electrons. The van der Waals surface area contributed by atoms with E-state index < -0.39 is 0 Å². The first-order valence-corrected chi connectivity index (χ1v) is 7.93. The van der Waals surface area contributed by atoms with Crippen LogP contribution in [-0.2, 0) is 7.05 Å². The maximum Gasteiger partial charge on any atom is 0.263 e. The maximum atomic E-state index is 12.3. The SMILES string of the molecule is Cc1nc(-c2cnn(C)c2)sc1C(=O)NCC1CCCN1.Cl.Cl. The fraction of sp³-hybridized carbons (Fsp3) is 0.500. The van der Waals surface area contributed by atoms with Gasteiger partial charge in [0.1, 0.15) is 9.88 Å². The van der Waals surface area contributed by atoms with E-state index >= 15 is 0 Å². The lowest BCUT2D eigenvalue weighted by Crippen LogP contribution is -2.37. The van der Waals surface area contributed by atoms with Crippen LogP contribution in [0.25, 0.3) is 10.6 Å². The van der Waals surface area contributed by atoms with E-state index in [-0.39, 0.29) is 30.7 Å². The molecule has 1 amide bonds. The van der Waals surface area contributed by atoms with Gasteiger partial charge in [0.25, 0.3) is 5.91 Å². The Morgan fingerprint density at radius 2 is 2.30 bits per heavy atom. The molecule has 9 heteroatoms. The van der Waals surface area contributed by atoms with Crippen LogP contribution in [0.3, 0.4) is 0 Å². The Morgan fingerprint density at radius 1 is 1.52 bits per heavy atom. The van der Waals surface area contributed by atoms with Crippen LogP contribution in [0.1, 0.15) is 28.2 Å². The number of rotatable bonds is 4. The normalized spacial score (nSPS) is 16.5. The van der Waals surface area contributed by atoms with Crippen molar-refractivity contribution in [2.75, 3.05) is 13.1 Å². The minimum Gasteiger partial charge on any atom is -0.350 e. The van der Waals surface area contributed by atoms with Gasteiger partial charge in [0.05, 0.1) is 11.9 Å². The molecule has 0 bridgehead atoms. The first kappa shape index (κ1) is 19.9. The number of thiazole rings is 1. The fourth-order valence-electron chi connectivity index (χ4n) is 2.49. The molecule has 3 rings (SSSR count). The third-order valence-corrected chi connectivity index (χ3v) is 4.83. The Kier molecular flexibility index (Phi) is 7.47. The summed E-state index contributed by atoms with van der Waals surface area (Å²) >= 11 is 1.42. The first-order valence-electron chi connectivity index (χ1n) is 7.11. The molecule has 2 N–H and O–H groups in total. The summed E-state index contributed by atoms with van der Waals surface area (Å²) in [5.41, 5.74) is 1.72. The number of aryl methyl sites for hydroxylation is 2. The third-order valence-electron chi connectivity index (χ3n) is 3.63. The molecule has 1 aliphatic rings. The first-order chi connectivity index (χ1) is 10.1. The summed E-state index contributed by atoms with van der Waals surface area (Å²) in [6, 6.07) is 0.403. The smallest absolute Gasteiger partial charge is 0.263 e. The van der Waals surface area contributed by atoms with E-state index in [1.165, 1.54) is 17.8 Å². The number of halogens is 2. The van der Waals surface area contributed by atoms with Crippen LogP contribution in [0.15, 0.2) is 12.4 Å². The van der Waals surface area contributed by atoms with Gasteiger partial charge in [0.2, 0.25) is 0 Å². The van der Waals surface area contributed by atoms with Crippen molar-refractivity contribution in [2.24, 2.45) is 7.05 Å². The van der Waals surface area contributed by atoms with E-state index in [0.29, 0.717) is 17.5 Å². The molecule has 128 valence electrons. The molecule has 1 saturated heterocycles. The van der Waals surface area contributed by atoms with Crippen molar-refractivity contribution in [3.63, 3.8) is 0 Å². The summed E-state index contributed by atoms with van der Waals surface area (Å²) in [4.78, 5) is 17.5. The number of aromatic nitrogens is 3. The van der Waals surface area contributed by atoms with Crippen molar-refractivity contribution >= 4 is 42.1 Å². The number of nitrogens with one attached hydrogen (secondary N) is 2. The van der Waals surface area contributed by atoms with Gasteiger partial charge in [0.15, 0.2) is 0 Å². The molecule has 0 saturated carbocycles. The average Bonchev–Trinajstić information content (AvgIpc) is 3.16. The van der Waals surface area contributed by atoms with Crippen LogP contribution in [0.4, 0.5) is 0 Å². The molecule has 3 heterocycles. The molecule has 1 atom stereocenters. The van der Waals surface area contributed by atoms with Crippen molar-refractivity contribution in [3.05, 3.63) is 23.0 Å². The monoisotopic (exact) mass is 377 g/mol. The zero-order valence-corrected chi connectivity index (χ0v) is 15.5. The Balaban J connectivity index is 0.00000132. The summed E-state index contributed by atoms with van der Waals surface area (Å²) in [6.45, 7) is 3.60. The van der Waals surface area contributed by atoms with Crippen molar-refractivity contribution < 1.29 is 4.79 Å². The lowest BCUT2D eigenvalue weighted by molar-refractivity contribution is 0.0953. The molecule has 1 aliphatic heterocycles. The van der Waals surface area contributed by atoms with Gasteiger partial charge in [0, 0.05) is 31.4 Å². The van der Waals surface area contributed by atoms with Crippen molar-refractivity contribution in [2.45, 2.75) is 25.8 Å². The highest BCUT2D eigenvalue weighted by atomic mass is 35.5. The highest BCUT2D eigenvalue weighted by molar-refractivity contribution is 7.17. The average molecular weight is 378 g/mol. The Hall–Kier alpha value is -1.15. The summed E-state index contributed by atoms with van der Waals surface area (Å²) in [6.07, 6.45) is 5.99. The largest absolute Gasteiger partial charge is 0.350 e. The van der Waals surface area contributed by atoms with Crippen molar-refractivity contribution in [3.8, 4) is 10.6 Å². The summed E-state index contributed by atoms with van der Waals surface area (Å²) in [7, 11) is 1.87. The van der Waals surface area contributed by atoms with Crippen LogP contribution in [0.2, 0.25) is 0 Å². The van der Waals surface area contributed by atoms with Crippen LogP contribution in [0.5, 0.6) is 0 Å². The van der Waals surface area contributed by atoms with E-state index in [2.05, 4.69) is 20.7 Å². The summed E-state index contributed by atoms with van der Waals surface area (Å²) in [5.74, 6) is -0.0335. The zero-order chi connectivity index (χ0) is 14.8. The quantitative estimate of drug-likeness (QED) is 0.856. The van der Waals surface area contributed by atoms with Gasteiger partial charge in [-0.3, -0.25) is 9.48 Å². The molecule has 1 unspecified atom stereocenters. The van der Waals surface area contributed by atoms with Crippen LogP contribution < -0.4 is 10.6 Å². The standard InChI is InChI=1S/C14H19N5OS.2ClH/c1-9-12(13(20)16-7-11-4-3-5-15-11)21-14(18-9)10-6-17-19(2)8-10;;/h6,8,11,15H,3-5,7H2,1-2H3,(H,16,20);2*1H. The Morgan fingerprint density at radius 3 is 2.91 bits per heavy atom. The van der Waals surface area contributed by atoms with Gasteiger partial charge in [-0.2, -0.15) is 5.10 Å². The molecule has 1 fully saturated rings. The van der Waals surface area contributed by atoms with Gasteiger partial charge in [-0.05, 0) is 26.3 Å². The minimum atomic E-state index is -0.0335.